The van der Waals surface area contributed by atoms with Crippen LogP contribution in [-0.2, 0) is 14.3 Å². The molecule has 2 aliphatic rings. The lowest BCUT2D eigenvalue weighted by molar-refractivity contribution is -0.143. The van der Waals surface area contributed by atoms with Crippen molar-refractivity contribution in [3.8, 4) is 0 Å². The van der Waals surface area contributed by atoms with Gasteiger partial charge in [-0.15, -0.1) is 0 Å². The highest BCUT2D eigenvalue weighted by atomic mass is 35.5. The van der Waals surface area contributed by atoms with Crippen molar-refractivity contribution >= 4 is 29.5 Å². The molecule has 1 saturated carbocycles. The second kappa shape index (κ2) is 20.7. The number of allylic oxidation sites excluding steroid dienone is 4. The van der Waals surface area contributed by atoms with E-state index in [1.165, 1.54) is 6.42 Å². The predicted octanol–water partition coefficient (Wildman–Crippen LogP) is 8.18. The zero-order chi connectivity index (χ0) is 33.4. The van der Waals surface area contributed by atoms with Crippen LogP contribution in [-0.4, -0.2) is 59.3 Å². The molecule has 2 fully saturated rings. The Morgan fingerprint density at radius 3 is 2.23 bits per heavy atom. The van der Waals surface area contributed by atoms with Crippen molar-refractivity contribution in [3.05, 3.63) is 34.5 Å². The largest absolute Gasteiger partial charge is 0.481 e. The van der Waals surface area contributed by atoms with Crippen LogP contribution in [0.25, 0.3) is 0 Å². The van der Waals surface area contributed by atoms with Gasteiger partial charge in [0, 0.05) is 37.4 Å². The van der Waals surface area contributed by atoms with E-state index in [4.69, 9.17) is 16.3 Å². The number of aliphatic carboxylic acids is 1. The minimum atomic E-state index is -0.665. The molecule has 1 heterocycles. The van der Waals surface area contributed by atoms with Crippen LogP contribution in [0.1, 0.15) is 120 Å². The molecule has 2 rings (SSSR count). The highest BCUT2D eigenvalue weighted by Gasteiger charge is 2.37. The van der Waals surface area contributed by atoms with Crippen LogP contribution in [0.5, 0.6) is 0 Å². The summed E-state index contributed by atoms with van der Waals surface area (Å²) in [5.41, 5.74) is 1.52. The van der Waals surface area contributed by atoms with Crippen molar-refractivity contribution in [2.75, 3.05) is 7.11 Å². The van der Waals surface area contributed by atoms with Gasteiger partial charge in [-0.2, -0.15) is 0 Å². The number of hydrogen-bond acceptors (Lipinski definition) is 4. The molecule has 1 saturated heterocycles. The maximum atomic E-state index is 13.5. The van der Waals surface area contributed by atoms with Crippen molar-refractivity contribution in [3.63, 3.8) is 0 Å². The van der Waals surface area contributed by atoms with E-state index < -0.39 is 5.97 Å². The summed E-state index contributed by atoms with van der Waals surface area (Å²) in [5.74, 6) is 0.288. The third kappa shape index (κ3) is 13.8. The fourth-order valence-corrected chi connectivity index (χ4v) is 6.59. The van der Waals surface area contributed by atoms with Gasteiger partial charge in [-0.1, -0.05) is 56.5 Å². The Bertz CT molecular complexity index is 1000. The van der Waals surface area contributed by atoms with E-state index in [1.807, 2.05) is 26.8 Å². The van der Waals surface area contributed by atoms with Gasteiger partial charge >= 0.3 is 12.0 Å². The van der Waals surface area contributed by atoms with Gasteiger partial charge in [-0.3, -0.25) is 9.59 Å². The van der Waals surface area contributed by atoms with Crippen LogP contribution >= 0.6 is 11.6 Å². The molecule has 44 heavy (non-hydrogen) atoms. The Labute approximate surface area is 272 Å². The van der Waals surface area contributed by atoms with Crippen molar-refractivity contribution in [1.29, 1.82) is 0 Å². The number of methoxy groups -OCH3 is 1. The number of halogens is 1. The number of likely N-dealkylation sites (tertiary alicyclic amines) is 1. The van der Waals surface area contributed by atoms with Crippen LogP contribution in [0.15, 0.2) is 34.5 Å². The molecule has 1 aliphatic heterocycles. The number of amides is 3. The molecular weight excluding hydrogens is 578 g/mol. The average Bonchev–Trinajstić information content (AvgIpc) is 3.32. The molecule has 0 radical (unpaired) electrons. The summed E-state index contributed by atoms with van der Waals surface area (Å²) in [4.78, 5) is 39.3. The van der Waals surface area contributed by atoms with Gasteiger partial charge in [0.15, 0.2) is 0 Å². The minimum Gasteiger partial charge on any atom is -0.481 e. The molecule has 252 valence electrons. The number of hydrogen-bond donors (Lipinski definition) is 3. The van der Waals surface area contributed by atoms with E-state index in [0.717, 1.165) is 50.5 Å². The first-order chi connectivity index (χ1) is 20.8. The number of carboxylic acid groups (broad SMARTS) is 1. The Balaban J connectivity index is 0.00000309. The van der Waals surface area contributed by atoms with Crippen LogP contribution < -0.4 is 10.6 Å². The van der Waals surface area contributed by atoms with E-state index in [2.05, 4.69) is 43.2 Å². The smallest absolute Gasteiger partial charge is 0.319 e. The standard InChI is InChI=1S/C32H52ClN3O5.C3H8/c1-8-9-29(33)24(6)35-32(40)34-22(4)19-28(41-7)16-20(2)17-30(37)36-23(5)10-15-27(36)18-21(3)25-11-13-26(14-12-25)31(38)39;1-3-2/h8-9,16,21-23,25-28H,10-15,17-19H2,1-7H3,(H,38,39)(H2,34,35,40);3H2,1-2H3/b9-8-,20-16+,29-24-;. The number of carbonyl (C=O) groups excluding carboxylic acids is 2. The number of ether oxygens (including phenoxy) is 1. The highest BCUT2D eigenvalue weighted by Crippen LogP contribution is 2.38. The second-order valence-corrected chi connectivity index (χ2v) is 13.3. The summed E-state index contributed by atoms with van der Waals surface area (Å²) >= 11 is 6.13. The number of carbonyl (C=O) groups is 3. The van der Waals surface area contributed by atoms with Crippen molar-refractivity contribution in [2.45, 2.75) is 144 Å². The molecule has 3 N–H and O–H groups in total. The lowest BCUT2D eigenvalue weighted by atomic mass is 9.74. The van der Waals surface area contributed by atoms with Gasteiger partial charge < -0.3 is 25.4 Å². The monoisotopic (exact) mass is 637 g/mol. The summed E-state index contributed by atoms with van der Waals surface area (Å²) < 4.78 is 5.67. The second-order valence-electron chi connectivity index (χ2n) is 12.9. The summed E-state index contributed by atoms with van der Waals surface area (Å²) in [6.45, 7) is 16.1. The van der Waals surface area contributed by atoms with Crippen molar-refractivity contribution < 1.29 is 24.2 Å². The first-order valence-electron chi connectivity index (χ1n) is 16.6. The molecule has 0 aromatic rings. The minimum absolute atomic E-state index is 0.149. The molecule has 0 spiro atoms. The number of nitrogens with zero attached hydrogens (tertiary/aromatic N) is 1. The van der Waals surface area contributed by atoms with E-state index in [1.54, 1.807) is 26.2 Å². The average molecular weight is 638 g/mol. The molecule has 8 nitrogen and oxygen atoms in total. The summed E-state index contributed by atoms with van der Waals surface area (Å²) in [7, 11) is 1.64. The van der Waals surface area contributed by atoms with E-state index in [-0.39, 0.29) is 42.1 Å². The third-order valence-electron chi connectivity index (χ3n) is 8.78. The van der Waals surface area contributed by atoms with Crippen molar-refractivity contribution in [1.82, 2.24) is 15.5 Å². The van der Waals surface area contributed by atoms with Gasteiger partial charge in [0.25, 0.3) is 0 Å². The summed E-state index contributed by atoms with van der Waals surface area (Å²) in [6.07, 6.45) is 13.9. The number of carboxylic acids is 1. The van der Waals surface area contributed by atoms with E-state index in [9.17, 15) is 19.5 Å². The molecule has 0 aromatic carbocycles. The lowest BCUT2D eigenvalue weighted by Gasteiger charge is -2.35. The molecule has 3 amide bonds. The maximum Gasteiger partial charge on any atom is 0.319 e. The predicted molar refractivity (Wildman–Crippen MR) is 180 cm³/mol. The number of nitrogens with one attached hydrogen (secondary N) is 2. The molecule has 5 atom stereocenters. The van der Waals surface area contributed by atoms with Gasteiger partial charge in [0.1, 0.15) is 0 Å². The molecular formula is C35H60ClN3O5. The zero-order valence-corrected chi connectivity index (χ0v) is 29.5. The molecule has 0 aromatic heterocycles. The quantitative estimate of drug-likeness (QED) is 0.139. The SMILES string of the molecule is C/C=C\C(Cl)=C(/C)NC(=O)NC(C)CC(/C=C(\C)CC(=O)N1C(C)CCC1CC(C)C1CCC(C(=O)O)CC1)OC.CCC. The van der Waals surface area contributed by atoms with Crippen LogP contribution in [0.4, 0.5) is 4.79 Å². The third-order valence-corrected chi connectivity index (χ3v) is 9.19. The molecule has 1 aliphatic carbocycles. The van der Waals surface area contributed by atoms with Gasteiger partial charge in [0.05, 0.1) is 17.1 Å². The molecule has 5 unspecified atom stereocenters. The van der Waals surface area contributed by atoms with Gasteiger partial charge in [-0.25, -0.2) is 4.79 Å². The fourth-order valence-electron chi connectivity index (χ4n) is 6.42. The zero-order valence-electron chi connectivity index (χ0n) is 28.7. The van der Waals surface area contributed by atoms with Crippen molar-refractivity contribution in [2.24, 2.45) is 17.8 Å². The summed E-state index contributed by atoms with van der Waals surface area (Å²) in [5, 5.41) is 15.5. The first-order valence-corrected chi connectivity index (χ1v) is 17.0. The Morgan fingerprint density at radius 2 is 1.68 bits per heavy atom. The fraction of sp³-hybridized carbons (Fsp3) is 0.743. The van der Waals surface area contributed by atoms with Gasteiger partial charge in [-0.05, 0) is 104 Å². The van der Waals surface area contributed by atoms with Crippen LogP contribution in [0, 0.1) is 17.8 Å². The number of urea groups is 1. The first kappa shape index (κ1) is 39.7. The molecule has 0 bridgehead atoms. The Kier molecular flexibility index (Phi) is 18.6. The Hall–Kier alpha value is -2.32. The molecule has 9 heteroatoms. The normalized spacial score (nSPS) is 25.0. The Morgan fingerprint density at radius 1 is 1.07 bits per heavy atom. The van der Waals surface area contributed by atoms with Crippen LogP contribution in [0.3, 0.4) is 0 Å². The highest BCUT2D eigenvalue weighted by molar-refractivity contribution is 6.31. The van der Waals surface area contributed by atoms with Crippen LogP contribution in [0.2, 0.25) is 0 Å². The van der Waals surface area contributed by atoms with E-state index >= 15 is 0 Å². The maximum absolute atomic E-state index is 13.5. The van der Waals surface area contributed by atoms with E-state index in [0.29, 0.717) is 35.4 Å². The van der Waals surface area contributed by atoms with Gasteiger partial charge in [0.2, 0.25) is 5.91 Å². The summed E-state index contributed by atoms with van der Waals surface area (Å²) in [6, 6.07) is -0.0445. The lowest BCUT2D eigenvalue weighted by Crippen LogP contribution is -2.42. The number of rotatable bonds is 13. The topological polar surface area (TPSA) is 108 Å².